The van der Waals surface area contributed by atoms with E-state index in [9.17, 15) is 0 Å². The molecule has 2 aliphatic rings. The number of benzene rings is 8. The maximum Gasteiger partial charge on any atom is 0.0540 e. The van der Waals surface area contributed by atoms with Crippen LogP contribution in [0.2, 0.25) is 0 Å². The van der Waals surface area contributed by atoms with Gasteiger partial charge >= 0.3 is 0 Å². The summed E-state index contributed by atoms with van der Waals surface area (Å²) in [6.07, 6.45) is 0. The summed E-state index contributed by atoms with van der Waals surface area (Å²) in [6.45, 7) is 9.48. The first-order valence-electron chi connectivity index (χ1n) is 19.4. The SMILES string of the molecule is CC1(C)c2ccccc2-c2ccc(N(c3cccc(-c4cccc5c4C(C)(C)c4ccccc4-5)c3)c3ccccc3-c3ccc(-c4ccccc4)cc3)cc21. The van der Waals surface area contributed by atoms with Crippen molar-refractivity contribution in [3.63, 3.8) is 0 Å². The van der Waals surface area contributed by atoms with Crippen molar-refractivity contribution in [3.05, 3.63) is 210 Å². The van der Waals surface area contributed by atoms with E-state index in [0.29, 0.717) is 0 Å². The number of para-hydroxylation sites is 1. The minimum Gasteiger partial charge on any atom is -0.310 e. The summed E-state index contributed by atoms with van der Waals surface area (Å²) in [4.78, 5) is 2.48. The molecule has 0 fully saturated rings. The Morgan fingerprint density at radius 1 is 0.309 bits per heavy atom. The molecule has 55 heavy (non-hydrogen) atoms. The van der Waals surface area contributed by atoms with E-state index >= 15 is 0 Å². The van der Waals surface area contributed by atoms with Crippen molar-refractivity contribution in [1.29, 1.82) is 0 Å². The lowest BCUT2D eigenvalue weighted by atomic mass is 9.79. The number of anilines is 3. The van der Waals surface area contributed by atoms with Crippen molar-refractivity contribution < 1.29 is 0 Å². The molecule has 10 rings (SSSR count). The third-order valence-electron chi connectivity index (χ3n) is 12.3. The first-order chi connectivity index (χ1) is 26.8. The van der Waals surface area contributed by atoms with Gasteiger partial charge in [0.15, 0.2) is 0 Å². The summed E-state index contributed by atoms with van der Waals surface area (Å²) in [5.74, 6) is 0. The summed E-state index contributed by atoms with van der Waals surface area (Å²) >= 11 is 0. The minimum atomic E-state index is -0.118. The Balaban J connectivity index is 1.15. The molecule has 264 valence electrons. The molecule has 1 heteroatoms. The molecule has 0 aromatic heterocycles. The molecule has 8 aromatic rings. The fourth-order valence-electron chi connectivity index (χ4n) is 9.55. The lowest BCUT2D eigenvalue weighted by molar-refractivity contribution is 0.660. The number of rotatable bonds is 6. The van der Waals surface area contributed by atoms with E-state index in [0.717, 1.165) is 17.1 Å². The molecule has 0 aliphatic heterocycles. The zero-order valence-electron chi connectivity index (χ0n) is 31.8. The van der Waals surface area contributed by atoms with Crippen LogP contribution in [0.15, 0.2) is 188 Å². The number of nitrogens with zero attached hydrogens (tertiary/aromatic N) is 1. The highest BCUT2D eigenvalue weighted by atomic mass is 15.1. The van der Waals surface area contributed by atoms with Gasteiger partial charge in [0.2, 0.25) is 0 Å². The van der Waals surface area contributed by atoms with Crippen molar-refractivity contribution in [2.24, 2.45) is 0 Å². The van der Waals surface area contributed by atoms with Crippen LogP contribution < -0.4 is 4.90 Å². The Labute approximate surface area is 325 Å². The van der Waals surface area contributed by atoms with Crippen molar-refractivity contribution in [2.75, 3.05) is 4.90 Å². The monoisotopic (exact) mass is 705 g/mol. The molecule has 0 saturated carbocycles. The molecule has 0 radical (unpaired) electrons. The zero-order chi connectivity index (χ0) is 37.3. The average molecular weight is 706 g/mol. The van der Waals surface area contributed by atoms with E-state index < -0.39 is 0 Å². The number of fused-ring (bicyclic) bond motifs is 6. The molecule has 0 spiro atoms. The van der Waals surface area contributed by atoms with Crippen LogP contribution in [0.5, 0.6) is 0 Å². The molecule has 0 heterocycles. The Kier molecular flexibility index (Phi) is 7.58. The zero-order valence-corrected chi connectivity index (χ0v) is 31.8. The lowest BCUT2D eigenvalue weighted by Crippen LogP contribution is -2.17. The summed E-state index contributed by atoms with van der Waals surface area (Å²) in [6, 6.07) is 69.5. The van der Waals surface area contributed by atoms with E-state index in [4.69, 9.17) is 0 Å². The van der Waals surface area contributed by atoms with E-state index in [2.05, 4.69) is 221 Å². The van der Waals surface area contributed by atoms with E-state index in [1.165, 1.54) is 77.9 Å². The average Bonchev–Trinajstić information content (AvgIpc) is 3.61. The predicted molar refractivity (Wildman–Crippen MR) is 233 cm³/mol. The summed E-state index contributed by atoms with van der Waals surface area (Å²) in [7, 11) is 0. The van der Waals surface area contributed by atoms with Gasteiger partial charge in [0.1, 0.15) is 0 Å². The van der Waals surface area contributed by atoms with Gasteiger partial charge < -0.3 is 4.90 Å². The van der Waals surface area contributed by atoms with Gasteiger partial charge in [-0.3, -0.25) is 0 Å². The number of hydrogen-bond acceptors (Lipinski definition) is 1. The van der Waals surface area contributed by atoms with E-state index in [-0.39, 0.29) is 10.8 Å². The predicted octanol–water partition coefficient (Wildman–Crippen LogP) is 14.8. The summed E-state index contributed by atoms with van der Waals surface area (Å²) < 4.78 is 0. The van der Waals surface area contributed by atoms with Crippen LogP contribution in [-0.4, -0.2) is 0 Å². The van der Waals surface area contributed by atoms with Crippen LogP contribution in [0.1, 0.15) is 49.9 Å². The van der Waals surface area contributed by atoms with Gasteiger partial charge in [-0.05, 0) is 103 Å². The molecular weight excluding hydrogens is 663 g/mol. The van der Waals surface area contributed by atoms with Gasteiger partial charge in [-0.2, -0.15) is 0 Å². The largest absolute Gasteiger partial charge is 0.310 e. The third kappa shape index (κ3) is 5.22. The fourth-order valence-corrected chi connectivity index (χ4v) is 9.55. The molecule has 8 aromatic carbocycles. The lowest BCUT2D eigenvalue weighted by Gasteiger charge is -2.30. The van der Waals surface area contributed by atoms with E-state index in [1.54, 1.807) is 0 Å². The van der Waals surface area contributed by atoms with Gasteiger partial charge in [0.25, 0.3) is 0 Å². The molecule has 2 aliphatic carbocycles. The summed E-state index contributed by atoms with van der Waals surface area (Å²) in [5, 5.41) is 0. The number of hydrogen-bond donors (Lipinski definition) is 0. The van der Waals surface area contributed by atoms with Crippen LogP contribution >= 0.6 is 0 Å². The van der Waals surface area contributed by atoms with Gasteiger partial charge in [-0.15, -0.1) is 0 Å². The second-order valence-corrected chi connectivity index (χ2v) is 16.1. The second kappa shape index (κ2) is 12.6. The van der Waals surface area contributed by atoms with Gasteiger partial charge in [0.05, 0.1) is 5.69 Å². The standard InChI is InChI=1S/C54H43N/c1-53(2)48-25-11-8-21-44(48)46-33-32-41(35-50(46)53)55(51-27-13-10-20-42(51)38-30-28-37(29-31-38)36-16-6-5-7-17-36)40-19-14-18-39(34-40)43-23-15-24-47-45-22-9-12-26-49(45)54(3,4)52(43)47/h5-35H,1-4H3. The molecule has 0 atom stereocenters. The smallest absolute Gasteiger partial charge is 0.0540 e. The normalized spacial score (nSPS) is 14.1. The molecule has 0 unspecified atom stereocenters. The molecular formula is C54H43N. The molecule has 0 saturated heterocycles. The maximum atomic E-state index is 2.48. The highest BCUT2D eigenvalue weighted by molar-refractivity contribution is 5.93. The van der Waals surface area contributed by atoms with Gasteiger partial charge in [-0.25, -0.2) is 0 Å². The molecule has 0 amide bonds. The highest BCUT2D eigenvalue weighted by Gasteiger charge is 2.38. The quantitative estimate of drug-likeness (QED) is 0.166. The summed E-state index contributed by atoms with van der Waals surface area (Å²) in [5.41, 5.74) is 21.4. The van der Waals surface area contributed by atoms with Crippen LogP contribution in [0, 0.1) is 0 Å². The highest BCUT2D eigenvalue weighted by Crippen LogP contribution is 2.54. The topological polar surface area (TPSA) is 3.24 Å². The fraction of sp³-hybridized carbons (Fsp3) is 0.111. The molecule has 1 nitrogen and oxygen atoms in total. The van der Waals surface area contributed by atoms with Crippen molar-refractivity contribution >= 4 is 17.1 Å². The minimum absolute atomic E-state index is 0.114. The van der Waals surface area contributed by atoms with Crippen LogP contribution in [0.4, 0.5) is 17.1 Å². The van der Waals surface area contributed by atoms with Crippen LogP contribution in [0.3, 0.4) is 0 Å². The molecule has 0 N–H and O–H groups in total. The van der Waals surface area contributed by atoms with Crippen LogP contribution in [0.25, 0.3) is 55.6 Å². The molecule has 0 bridgehead atoms. The first-order valence-corrected chi connectivity index (χ1v) is 19.4. The Hall–Kier alpha value is -6.44. The Morgan fingerprint density at radius 2 is 0.818 bits per heavy atom. The third-order valence-corrected chi connectivity index (χ3v) is 12.3. The van der Waals surface area contributed by atoms with Gasteiger partial charge in [0, 0.05) is 27.8 Å². The Morgan fingerprint density at radius 3 is 1.58 bits per heavy atom. The van der Waals surface area contributed by atoms with Crippen molar-refractivity contribution in [1.82, 2.24) is 0 Å². The second-order valence-electron chi connectivity index (χ2n) is 16.1. The maximum absolute atomic E-state index is 2.48. The van der Waals surface area contributed by atoms with Crippen molar-refractivity contribution in [3.8, 4) is 55.6 Å². The van der Waals surface area contributed by atoms with Crippen molar-refractivity contribution in [2.45, 2.75) is 38.5 Å². The Bertz CT molecular complexity index is 2750. The van der Waals surface area contributed by atoms with Crippen LogP contribution in [-0.2, 0) is 10.8 Å². The van der Waals surface area contributed by atoms with E-state index in [1.807, 2.05) is 0 Å². The van der Waals surface area contributed by atoms with Gasteiger partial charge in [-0.1, -0.05) is 185 Å². The first kappa shape index (κ1) is 33.2.